The van der Waals surface area contributed by atoms with Crippen LogP contribution in [0.15, 0.2) is 21.5 Å². The normalized spacial score (nSPS) is 21.7. The summed E-state index contributed by atoms with van der Waals surface area (Å²) in [6.45, 7) is 4.16. The minimum Gasteiger partial charge on any atom is -0.326 e. The van der Waals surface area contributed by atoms with Crippen molar-refractivity contribution >= 4 is 26.0 Å². The van der Waals surface area contributed by atoms with Gasteiger partial charge in [0, 0.05) is 22.6 Å². The summed E-state index contributed by atoms with van der Waals surface area (Å²) in [6.07, 6.45) is 2.48. The maximum atomic E-state index is 14.3. The third-order valence-electron chi connectivity index (χ3n) is 3.88. The van der Waals surface area contributed by atoms with Crippen molar-refractivity contribution in [1.29, 1.82) is 0 Å². The monoisotopic (exact) mass is 378 g/mol. The van der Waals surface area contributed by atoms with E-state index in [4.69, 9.17) is 5.73 Å². The molecule has 1 atom stereocenters. The van der Waals surface area contributed by atoms with Crippen molar-refractivity contribution in [2.45, 2.75) is 50.6 Å². The maximum Gasteiger partial charge on any atom is 0.243 e. The van der Waals surface area contributed by atoms with E-state index in [2.05, 4.69) is 34.5 Å². The van der Waals surface area contributed by atoms with Crippen LogP contribution in [0.4, 0.5) is 4.39 Å². The first-order chi connectivity index (χ1) is 9.64. The van der Waals surface area contributed by atoms with E-state index in [-0.39, 0.29) is 28.5 Å². The van der Waals surface area contributed by atoms with Crippen LogP contribution in [0.2, 0.25) is 0 Å². The molecule has 4 nitrogen and oxygen atoms in total. The standard InChI is InChI=1S/C14H20BrFN2O2S/c1-14(2)4-3-11(7-14)18-21(19,20)12-6-10(15)5-9(8-17)13(12)16/h5-6,11,18H,3-4,7-8,17H2,1-2H3. The molecule has 2 rings (SSSR count). The highest BCUT2D eigenvalue weighted by atomic mass is 79.9. The van der Waals surface area contributed by atoms with Crippen molar-refractivity contribution in [3.05, 3.63) is 28.0 Å². The van der Waals surface area contributed by atoms with Crippen LogP contribution in [-0.2, 0) is 16.6 Å². The van der Waals surface area contributed by atoms with Crippen molar-refractivity contribution in [1.82, 2.24) is 4.72 Å². The number of halogens is 2. The molecule has 1 aromatic carbocycles. The van der Waals surface area contributed by atoms with Gasteiger partial charge in [-0.2, -0.15) is 0 Å². The second kappa shape index (κ2) is 5.95. The number of benzene rings is 1. The van der Waals surface area contributed by atoms with Gasteiger partial charge in [0.25, 0.3) is 0 Å². The predicted octanol–water partition coefficient (Wildman–Crippen LogP) is 2.90. The molecule has 1 aliphatic carbocycles. The SMILES string of the molecule is CC1(C)CCC(NS(=O)(=O)c2cc(Br)cc(CN)c2F)C1. The van der Waals surface area contributed by atoms with Crippen LogP contribution in [0, 0.1) is 11.2 Å². The van der Waals surface area contributed by atoms with Crippen molar-refractivity contribution < 1.29 is 12.8 Å². The Morgan fingerprint density at radius 3 is 2.67 bits per heavy atom. The fourth-order valence-corrected chi connectivity index (χ4v) is 4.85. The van der Waals surface area contributed by atoms with E-state index in [1.54, 1.807) is 0 Å². The zero-order chi connectivity index (χ0) is 15.8. The zero-order valence-corrected chi connectivity index (χ0v) is 14.5. The third kappa shape index (κ3) is 3.83. The molecule has 3 N–H and O–H groups in total. The van der Waals surface area contributed by atoms with Crippen molar-refractivity contribution in [2.24, 2.45) is 11.1 Å². The van der Waals surface area contributed by atoms with Crippen LogP contribution in [0.3, 0.4) is 0 Å². The molecule has 1 aliphatic rings. The second-order valence-corrected chi connectivity index (χ2v) is 8.90. The van der Waals surface area contributed by atoms with Gasteiger partial charge in [0.15, 0.2) is 0 Å². The average molecular weight is 379 g/mol. The van der Waals surface area contributed by atoms with Gasteiger partial charge in [0.2, 0.25) is 10.0 Å². The van der Waals surface area contributed by atoms with Crippen LogP contribution >= 0.6 is 15.9 Å². The minimum absolute atomic E-state index is 0.0513. The average Bonchev–Trinajstić information content (AvgIpc) is 2.70. The van der Waals surface area contributed by atoms with E-state index < -0.39 is 15.8 Å². The first-order valence-corrected chi connectivity index (χ1v) is 9.12. The Labute approximate surface area is 133 Å². The molecule has 0 amide bonds. The number of sulfonamides is 1. The second-order valence-electron chi connectivity index (χ2n) is 6.31. The lowest BCUT2D eigenvalue weighted by atomic mass is 9.92. The molecule has 1 unspecified atom stereocenters. The zero-order valence-electron chi connectivity index (χ0n) is 12.1. The van der Waals surface area contributed by atoms with Gasteiger partial charge in [-0.1, -0.05) is 29.8 Å². The summed E-state index contributed by atoms with van der Waals surface area (Å²) in [5.41, 5.74) is 5.75. The van der Waals surface area contributed by atoms with E-state index in [0.29, 0.717) is 4.47 Å². The number of nitrogens with one attached hydrogen (secondary N) is 1. The highest BCUT2D eigenvalue weighted by Gasteiger charge is 2.34. The summed E-state index contributed by atoms with van der Waals surface area (Å²) in [7, 11) is -3.89. The molecule has 0 aromatic heterocycles. The molecule has 0 heterocycles. The highest BCUT2D eigenvalue weighted by molar-refractivity contribution is 9.10. The van der Waals surface area contributed by atoms with Crippen LogP contribution in [-0.4, -0.2) is 14.5 Å². The Morgan fingerprint density at radius 1 is 1.48 bits per heavy atom. The first kappa shape index (κ1) is 16.9. The molecular weight excluding hydrogens is 359 g/mol. The molecule has 7 heteroatoms. The van der Waals surface area contributed by atoms with Gasteiger partial charge in [0.05, 0.1) is 0 Å². The lowest BCUT2D eigenvalue weighted by Gasteiger charge is -2.18. The van der Waals surface area contributed by atoms with E-state index in [1.165, 1.54) is 12.1 Å². The number of nitrogens with two attached hydrogens (primary N) is 1. The number of hydrogen-bond donors (Lipinski definition) is 2. The van der Waals surface area contributed by atoms with Crippen LogP contribution in [0.1, 0.15) is 38.7 Å². The maximum absolute atomic E-state index is 14.3. The van der Waals surface area contributed by atoms with Crippen molar-refractivity contribution in [2.75, 3.05) is 0 Å². The number of hydrogen-bond acceptors (Lipinski definition) is 3. The van der Waals surface area contributed by atoms with Crippen molar-refractivity contribution in [3.63, 3.8) is 0 Å². The van der Waals surface area contributed by atoms with Gasteiger partial charge in [-0.25, -0.2) is 17.5 Å². The van der Waals surface area contributed by atoms with Gasteiger partial charge >= 0.3 is 0 Å². The molecule has 118 valence electrons. The van der Waals surface area contributed by atoms with E-state index in [1.807, 2.05) is 0 Å². The largest absolute Gasteiger partial charge is 0.326 e. The van der Waals surface area contributed by atoms with Crippen LogP contribution in [0.5, 0.6) is 0 Å². The summed E-state index contributed by atoms with van der Waals surface area (Å²) in [5, 5.41) is 0. The topological polar surface area (TPSA) is 72.2 Å². The molecule has 0 saturated heterocycles. The van der Waals surface area contributed by atoms with E-state index in [9.17, 15) is 12.8 Å². The van der Waals surface area contributed by atoms with E-state index >= 15 is 0 Å². The van der Waals surface area contributed by atoms with Crippen LogP contribution in [0.25, 0.3) is 0 Å². The smallest absolute Gasteiger partial charge is 0.243 e. The molecule has 0 bridgehead atoms. The van der Waals surface area contributed by atoms with Gasteiger partial charge in [-0.15, -0.1) is 0 Å². The van der Waals surface area contributed by atoms with Gasteiger partial charge < -0.3 is 5.73 Å². The Hall–Kier alpha value is -0.500. The Balaban J connectivity index is 2.30. The summed E-state index contributed by atoms with van der Waals surface area (Å²) in [4.78, 5) is -0.345. The number of rotatable bonds is 4. The predicted molar refractivity (Wildman–Crippen MR) is 83.7 cm³/mol. The first-order valence-electron chi connectivity index (χ1n) is 6.85. The summed E-state index contributed by atoms with van der Waals surface area (Å²) in [6, 6.07) is 2.62. The summed E-state index contributed by atoms with van der Waals surface area (Å²) < 4.78 is 42.2. The highest BCUT2D eigenvalue weighted by Crippen LogP contribution is 2.37. The molecular formula is C14H20BrFN2O2S. The molecule has 21 heavy (non-hydrogen) atoms. The van der Waals surface area contributed by atoms with Gasteiger partial charge in [0.1, 0.15) is 10.7 Å². The van der Waals surface area contributed by atoms with Gasteiger partial charge in [-0.3, -0.25) is 0 Å². The molecule has 1 aromatic rings. The molecule has 0 aliphatic heterocycles. The molecule has 0 spiro atoms. The third-order valence-corrected chi connectivity index (χ3v) is 5.86. The summed E-state index contributed by atoms with van der Waals surface area (Å²) >= 11 is 3.20. The Bertz CT molecular complexity index is 647. The Kier molecular flexibility index (Phi) is 4.78. The van der Waals surface area contributed by atoms with Gasteiger partial charge in [-0.05, 0) is 36.8 Å². The summed E-state index contributed by atoms with van der Waals surface area (Å²) in [5.74, 6) is -0.773. The van der Waals surface area contributed by atoms with Crippen molar-refractivity contribution in [3.8, 4) is 0 Å². The minimum atomic E-state index is -3.89. The molecule has 0 radical (unpaired) electrons. The fraction of sp³-hybridized carbons (Fsp3) is 0.571. The quantitative estimate of drug-likeness (QED) is 0.845. The lowest BCUT2D eigenvalue weighted by Crippen LogP contribution is -2.34. The Morgan fingerprint density at radius 2 is 2.14 bits per heavy atom. The van der Waals surface area contributed by atoms with E-state index in [0.717, 1.165) is 19.3 Å². The fourth-order valence-electron chi connectivity index (χ4n) is 2.78. The molecule has 1 fully saturated rings. The van der Waals surface area contributed by atoms with Crippen LogP contribution < -0.4 is 10.5 Å². The lowest BCUT2D eigenvalue weighted by molar-refractivity contribution is 0.372. The molecule has 1 saturated carbocycles.